The van der Waals surface area contributed by atoms with E-state index in [-0.39, 0.29) is 6.10 Å². The van der Waals surface area contributed by atoms with Crippen molar-refractivity contribution in [2.45, 2.75) is 91.6 Å². The van der Waals surface area contributed by atoms with Crippen LogP contribution in [0.15, 0.2) is 34.4 Å². The van der Waals surface area contributed by atoms with Gasteiger partial charge in [0.25, 0.3) is 0 Å². The Hall–Kier alpha value is -0.820. The number of rotatable bonds is 9. The fourth-order valence-electron chi connectivity index (χ4n) is 3.07. The largest absolute Gasteiger partial charge is 0.384 e. The van der Waals surface area contributed by atoms with E-state index in [0.29, 0.717) is 0 Å². The van der Waals surface area contributed by atoms with Crippen LogP contribution in [-0.4, -0.2) is 11.2 Å². The maximum absolute atomic E-state index is 10.3. The molecule has 0 aliphatic heterocycles. The smallest absolute Gasteiger partial charge is 0.100 e. The average Bonchev–Trinajstić information content (AvgIpc) is 2.45. The van der Waals surface area contributed by atoms with Gasteiger partial charge >= 0.3 is 0 Å². The Kier molecular flexibility index (Phi) is 8.68. The van der Waals surface area contributed by atoms with Crippen LogP contribution in [0.2, 0.25) is 0 Å². The Labute approximate surface area is 131 Å². The molecule has 0 heterocycles. The third-order valence-corrected chi connectivity index (χ3v) is 4.46. The molecule has 0 radical (unpaired) electrons. The lowest BCUT2D eigenvalue weighted by atomic mass is 9.89. The molecule has 120 valence electrons. The van der Waals surface area contributed by atoms with E-state index in [4.69, 9.17) is 0 Å². The first-order valence-electron chi connectivity index (χ1n) is 8.80. The second-order valence-corrected chi connectivity index (χ2v) is 6.64. The number of allylic oxidation sites excluding steroid dienone is 3. The lowest BCUT2D eigenvalue weighted by Crippen LogP contribution is -2.15. The minimum Gasteiger partial charge on any atom is -0.384 e. The minimum atomic E-state index is -0.386. The van der Waals surface area contributed by atoms with Gasteiger partial charge in [0.1, 0.15) is 6.10 Å². The zero-order valence-electron chi connectivity index (χ0n) is 14.5. The van der Waals surface area contributed by atoms with Gasteiger partial charge in [-0.05, 0) is 44.8 Å². The molecule has 21 heavy (non-hydrogen) atoms. The maximum Gasteiger partial charge on any atom is 0.100 e. The third-order valence-electron chi connectivity index (χ3n) is 4.46. The lowest BCUT2D eigenvalue weighted by Gasteiger charge is -2.21. The van der Waals surface area contributed by atoms with Crippen molar-refractivity contribution in [2.75, 3.05) is 0 Å². The van der Waals surface area contributed by atoms with Crippen LogP contribution in [0.1, 0.15) is 85.5 Å². The van der Waals surface area contributed by atoms with Crippen molar-refractivity contribution in [3.63, 3.8) is 0 Å². The molecule has 0 spiro atoms. The molecule has 1 N–H and O–H groups in total. The molecule has 1 aliphatic rings. The third kappa shape index (κ3) is 6.65. The number of hydrogen-bond acceptors (Lipinski definition) is 1. The Morgan fingerprint density at radius 1 is 0.952 bits per heavy atom. The highest BCUT2D eigenvalue weighted by Gasteiger charge is 2.17. The molecule has 1 rings (SSSR count). The second kappa shape index (κ2) is 10.00. The first kappa shape index (κ1) is 18.2. The zero-order valence-corrected chi connectivity index (χ0v) is 14.5. The predicted octanol–water partition coefficient (Wildman–Crippen LogP) is 6.10. The summed E-state index contributed by atoms with van der Waals surface area (Å²) in [5.74, 6) is 0. The molecule has 0 bridgehead atoms. The summed E-state index contributed by atoms with van der Waals surface area (Å²) in [7, 11) is 0. The Balaban J connectivity index is 2.28. The molecular weight excluding hydrogens is 256 g/mol. The van der Waals surface area contributed by atoms with Crippen LogP contribution in [0.25, 0.3) is 0 Å². The van der Waals surface area contributed by atoms with Crippen LogP contribution in [0, 0.1) is 0 Å². The van der Waals surface area contributed by atoms with Crippen LogP contribution in [-0.2, 0) is 0 Å². The SMILES string of the molecule is CCCCCCCCCCC(C)=C1C=C(C)C=C(C)C1O. The van der Waals surface area contributed by atoms with Gasteiger partial charge in [-0.25, -0.2) is 0 Å². The Morgan fingerprint density at radius 3 is 2.14 bits per heavy atom. The van der Waals surface area contributed by atoms with Crippen molar-refractivity contribution in [3.05, 3.63) is 34.4 Å². The highest BCUT2D eigenvalue weighted by atomic mass is 16.3. The second-order valence-electron chi connectivity index (χ2n) is 6.64. The summed E-state index contributed by atoms with van der Waals surface area (Å²) in [5, 5.41) is 10.3. The van der Waals surface area contributed by atoms with Crippen molar-refractivity contribution in [1.29, 1.82) is 0 Å². The van der Waals surface area contributed by atoms with Crippen molar-refractivity contribution in [3.8, 4) is 0 Å². The molecule has 1 unspecified atom stereocenters. The van der Waals surface area contributed by atoms with Crippen LogP contribution >= 0.6 is 0 Å². The molecule has 0 saturated carbocycles. The highest BCUT2D eigenvalue weighted by Crippen LogP contribution is 2.27. The van der Waals surface area contributed by atoms with E-state index >= 15 is 0 Å². The van der Waals surface area contributed by atoms with Crippen molar-refractivity contribution >= 4 is 0 Å². The fourth-order valence-corrected chi connectivity index (χ4v) is 3.07. The maximum atomic E-state index is 10.3. The van der Waals surface area contributed by atoms with Crippen molar-refractivity contribution in [2.24, 2.45) is 0 Å². The summed E-state index contributed by atoms with van der Waals surface area (Å²) in [4.78, 5) is 0. The molecule has 0 aromatic carbocycles. The average molecular weight is 290 g/mol. The van der Waals surface area contributed by atoms with Gasteiger partial charge in [-0.15, -0.1) is 0 Å². The summed E-state index contributed by atoms with van der Waals surface area (Å²) in [6.45, 7) is 8.58. The summed E-state index contributed by atoms with van der Waals surface area (Å²) in [6.07, 6.45) is 15.8. The molecule has 0 fully saturated rings. The highest BCUT2D eigenvalue weighted by molar-refractivity contribution is 5.45. The van der Waals surface area contributed by atoms with Gasteiger partial charge in [-0.3, -0.25) is 0 Å². The molecule has 1 heteroatoms. The van der Waals surface area contributed by atoms with Crippen LogP contribution in [0.5, 0.6) is 0 Å². The first-order chi connectivity index (χ1) is 10.1. The zero-order chi connectivity index (χ0) is 15.7. The minimum absolute atomic E-state index is 0.386. The standard InChI is InChI=1S/C20H34O/c1-5-6-7-8-9-10-11-12-13-17(3)19-15-16(2)14-18(4)20(19)21/h14-15,20-21H,5-13H2,1-4H3. The number of aliphatic hydroxyl groups is 1. The van der Waals surface area contributed by atoms with Gasteiger partial charge in [0.2, 0.25) is 0 Å². The normalized spacial score (nSPS) is 21.1. The van der Waals surface area contributed by atoms with E-state index in [2.05, 4.69) is 32.9 Å². The fraction of sp³-hybridized carbons (Fsp3) is 0.700. The summed E-state index contributed by atoms with van der Waals surface area (Å²) in [5.41, 5.74) is 4.82. The van der Waals surface area contributed by atoms with E-state index < -0.39 is 0 Å². The number of aliphatic hydroxyl groups excluding tert-OH is 1. The topological polar surface area (TPSA) is 20.2 Å². The molecule has 0 amide bonds. The molecule has 1 aliphatic carbocycles. The van der Waals surface area contributed by atoms with Gasteiger partial charge in [0.05, 0.1) is 0 Å². The first-order valence-corrected chi connectivity index (χ1v) is 8.80. The molecule has 0 saturated heterocycles. The van der Waals surface area contributed by atoms with Crippen molar-refractivity contribution in [1.82, 2.24) is 0 Å². The summed E-state index contributed by atoms with van der Waals surface area (Å²) >= 11 is 0. The van der Waals surface area contributed by atoms with Gasteiger partial charge < -0.3 is 5.11 Å². The van der Waals surface area contributed by atoms with Gasteiger partial charge in [0, 0.05) is 0 Å². The van der Waals surface area contributed by atoms with E-state index in [1.54, 1.807) is 0 Å². The van der Waals surface area contributed by atoms with Crippen LogP contribution in [0.3, 0.4) is 0 Å². The number of unbranched alkanes of at least 4 members (excludes halogenated alkanes) is 7. The summed E-state index contributed by atoms with van der Waals surface area (Å²) < 4.78 is 0. The van der Waals surface area contributed by atoms with Crippen LogP contribution in [0.4, 0.5) is 0 Å². The lowest BCUT2D eigenvalue weighted by molar-refractivity contribution is 0.247. The molecule has 1 atom stereocenters. The van der Waals surface area contributed by atoms with Crippen LogP contribution < -0.4 is 0 Å². The Bertz CT molecular complexity index is 398. The quantitative estimate of drug-likeness (QED) is 0.509. The van der Waals surface area contributed by atoms with E-state index in [9.17, 15) is 5.11 Å². The van der Waals surface area contributed by atoms with Gasteiger partial charge in [0.15, 0.2) is 0 Å². The molecular formula is C20H34O. The summed E-state index contributed by atoms with van der Waals surface area (Å²) in [6, 6.07) is 0. The van der Waals surface area contributed by atoms with Gasteiger partial charge in [-0.1, -0.05) is 75.2 Å². The molecule has 1 nitrogen and oxygen atoms in total. The van der Waals surface area contributed by atoms with E-state index in [1.807, 2.05) is 6.92 Å². The van der Waals surface area contributed by atoms with E-state index in [0.717, 1.165) is 17.6 Å². The number of hydrogen-bond donors (Lipinski definition) is 1. The Morgan fingerprint density at radius 2 is 1.52 bits per heavy atom. The molecule has 0 aromatic rings. The predicted molar refractivity (Wildman–Crippen MR) is 93.4 cm³/mol. The molecule has 0 aromatic heterocycles. The monoisotopic (exact) mass is 290 g/mol. The van der Waals surface area contributed by atoms with Crippen molar-refractivity contribution < 1.29 is 5.11 Å². The van der Waals surface area contributed by atoms with Gasteiger partial charge in [-0.2, -0.15) is 0 Å². The van der Waals surface area contributed by atoms with E-state index in [1.165, 1.54) is 62.5 Å².